The quantitative estimate of drug-likeness (QED) is 0.265. The fourth-order valence-electron chi connectivity index (χ4n) is 3.42. The number of rotatable bonds is 6. The van der Waals surface area contributed by atoms with Gasteiger partial charge in [-0.05, 0) is 51.1 Å². The highest BCUT2D eigenvalue weighted by atomic mass is 79.9. The standard InChI is InChI=1S/C25H25BrFN3O6/c1-25(2,3)36-23(32)29(4)13-11-21-28-12-14-30(21,24(33)34)17-6-8-18(9-7-17)35-22(31)19-10-5-16(26)15-20(19)27/h5-10,12,14-15H,11,13H2,1-4H3/p+1. The number of aliphatic imine (C=N–C) groups is 1. The molecule has 1 aliphatic rings. The first-order valence-electron chi connectivity index (χ1n) is 10.9. The van der Waals surface area contributed by atoms with E-state index < -0.39 is 34.1 Å². The fraction of sp³-hybridized carbons (Fsp3) is 0.280. The molecule has 1 N–H and O–H groups in total. The van der Waals surface area contributed by atoms with Crippen LogP contribution in [0, 0.1) is 5.82 Å². The molecule has 1 heterocycles. The number of halogens is 2. The van der Waals surface area contributed by atoms with Gasteiger partial charge in [-0.1, -0.05) is 15.9 Å². The Morgan fingerprint density at radius 1 is 1.14 bits per heavy atom. The smallest absolute Gasteiger partial charge is 0.444 e. The summed E-state index contributed by atoms with van der Waals surface area (Å²) in [5.41, 5.74) is -0.570. The van der Waals surface area contributed by atoms with Gasteiger partial charge < -0.3 is 19.5 Å². The molecular formula is C25H26BrFN3O6+. The monoisotopic (exact) mass is 562 g/mol. The van der Waals surface area contributed by atoms with Crippen molar-refractivity contribution in [3.8, 4) is 5.75 Å². The highest BCUT2D eigenvalue weighted by molar-refractivity contribution is 9.10. The van der Waals surface area contributed by atoms with E-state index in [0.29, 0.717) is 10.2 Å². The normalized spacial score (nSPS) is 16.9. The van der Waals surface area contributed by atoms with Crippen molar-refractivity contribution in [2.75, 3.05) is 13.6 Å². The minimum absolute atomic E-state index is 0.112. The summed E-state index contributed by atoms with van der Waals surface area (Å²) in [5, 5.41) is 10.1. The van der Waals surface area contributed by atoms with E-state index in [-0.39, 0.29) is 30.1 Å². The zero-order chi connectivity index (χ0) is 26.7. The number of quaternary nitrogens is 1. The van der Waals surface area contributed by atoms with Crippen LogP contribution in [0.2, 0.25) is 0 Å². The van der Waals surface area contributed by atoms with Crippen molar-refractivity contribution in [1.29, 1.82) is 0 Å². The third-order valence-corrected chi connectivity index (χ3v) is 5.70. The van der Waals surface area contributed by atoms with E-state index >= 15 is 0 Å². The molecule has 0 spiro atoms. The molecule has 0 radical (unpaired) electrons. The molecule has 3 rings (SSSR count). The van der Waals surface area contributed by atoms with Crippen LogP contribution in [0.1, 0.15) is 37.6 Å². The maximum atomic E-state index is 14.1. The Labute approximate surface area is 216 Å². The second kappa shape index (κ2) is 10.6. The molecule has 1 unspecified atom stereocenters. The van der Waals surface area contributed by atoms with E-state index in [4.69, 9.17) is 9.47 Å². The summed E-state index contributed by atoms with van der Waals surface area (Å²) in [6.45, 7) is 5.45. The SMILES string of the molecule is CN(CCC1=NC=C[N+]1(C(=O)O)c1ccc(OC(=O)c2ccc(Br)cc2F)cc1)C(=O)OC(C)(C)C. The van der Waals surface area contributed by atoms with Crippen molar-refractivity contribution in [1.82, 2.24) is 9.38 Å². The number of amides is 2. The van der Waals surface area contributed by atoms with Crippen molar-refractivity contribution in [3.05, 3.63) is 70.7 Å². The van der Waals surface area contributed by atoms with E-state index in [2.05, 4.69) is 20.9 Å². The zero-order valence-electron chi connectivity index (χ0n) is 20.2. The molecule has 0 saturated carbocycles. The molecule has 0 aromatic heterocycles. The molecule has 190 valence electrons. The zero-order valence-corrected chi connectivity index (χ0v) is 21.8. The predicted octanol–water partition coefficient (Wildman–Crippen LogP) is 5.93. The van der Waals surface area contributed by atoms with Crippen LogP contribution < -0.4 is 9.22 Å². The number of benzene rings is 2. The number of hydrogen-bond donors (Lipinski definition) is 1. The number of carboxylic acid groups (broad SMARTS) is 1. The van der Waals surface area contributed by atoms with Crippen LogP contribution in [-0.4, -0.2) is 53.2 Å². The molecule has 9 nitrogen and oxygen atoms in total. The number of carbonyl (C=O) groups excluding carboxylic acids is 2. The fourth-order valence-corrected chi connectivity index (χ4v) is 3.76. The van der Waals surface area contributed by atoms with E-state index in [1.165, 1.54) is 53.7 Å². The topological polar surface area (TPSA) is 106 Å². The largest absolute Gasteiger partial charge is 0.529 e. The van der Waals surface area contributed by atoms with E-state index in [1.807, 2.05) is 0 Å². The molecule has 1 aliphatic heterocycles. The molecule has 0 fully saturated rings. The molecule has 1 atom stereocenters. The summed E-state index contributed by atoms with van der Waals surface area (Å²) in [7, 11) is 1.56. The third-order valence-electron chi connectivity index (χ3n) is 5.20. The maximum absolute atomic E-state index is 14.1. The molecule has 0 aliphatic carbocycles. The Balaban J connectivity index is 1.75. The number of amidine groups is 1. The van der Waals surface area contributed by atoms with Crippen molar-refractivity contribution >= 4 is 45.6 Å². The van der Waals surface area contributed by atoms with Crippen LogP contribution >= 0.6 is 15.9 Å². The van der Waals surface area contributed by atoms with Gasteiger partial charge >= 0.3 is 18.2 Å². The summed E-state index contributed by atoms with van der Waals surface area (Å²) < 4.78 is 24.4. The Kier molecular flexibility index (Phi) is 7.95. The minimum atomic E-state index is -1.20. The summed E-state index contributed by atoms with van der Waals surface area (Å²) in [4.78, 5) is 42.6. The van der Waals surface area contributed by atoms with Crippen LogP contribution in [0.5, 0.6) is 5.75 Å². The summed E-state index contributed by atoms with van der Waals surface area (Å²) in [6.07, 6.45) is 1.22. The average molecular weight is 563 g/mol. The number of ether oxygens (including phenoxy) is 2. The van der Waals surface area contributed by atoms with Gasteiger partial charge in [-0.25, -0.2) is 19.0 Å². The van der Waals surface area contributed by atoms with Gasteiger partial charge in [0.05, 0.1) is 18.2 Å². The lowest BCUT2D eigenvalue weighted by Gasteiger charge is -2.28. The first-order chi connectivity index (χ1) is 16.8. The van der Waals surface area contributed by atoms with Crippen LogP contribution in [0.15, 0.2) is 64.3 Å². The molecule has 2 aromatic carbocycles. The molecule has 2 aromatic rings. The minimum Gasteiger partial charge on any atom is -0.444 e. The highest BCUT2D eigenvalue weighted by Gasteiger charge is 2.46. The molecule has 0 bridgehead atoms. The number of hydrogen-bond acceptors (Lipinski definition) is 6. The van der Waals surface area contributed by atoms with Crippen molar-refractivity contribution in [3.63, 3.8) is 0 Å². The van der Waals surface area contributed by atoms with E-state index in [9.17, 15) is 23.9 Å². The molecule has 0 saturated heterocycles. The van der Waals surface area contributed by atoms with Gasteiger partial charge in [0, 0.05) is 30.2 Å². The van der Waals surface area contributed by atoms with Gasteiger partial charge in [-0.15, -0.1) is 4.48 Å². The van der Waals surface area contributed by atoms with Crippen LogP contribution in [-0.2, 0) is 4.74 Å². The summed E-state index contributed by atoms with van der Waals surface area (Å²) in [5.74, 6) is -1.23. The van der Waals surface area contributed by atoms with Gasteiger partial charge in [0.2, 0.25) is 5.84 Å². The lowest BCUT2D eigenvalue weighted by Crippen LogP contribution is -2.52. The van der Waals surface area contributed by atoms with Gasteiger partial charge in [0.25, 0.3) is 0 Å². The molecule has 2 amide bonds. The Bertz CT molecular complexity index is 1240. The van der Waals surface area contributed by atoms with Gasteiger partial charge in [0.1, 0.15) is 23.4 Å². The lowest BCUT2D eigenvalue weighted by molar-refractivity contribution is 0.0302. The van der Waals surface area contributed by atoms with Crippen LogP contribution in [0.3, 0.4) is 0 Å². The molecule has 36 heavy (non-hydrogen) atoms. The van der Waals surface area contributed by atoms with Gasteiger partial charge in [-0.3, -0.25) is 0 Å². The predicted molar refractivity (Wildman–Crippen MR) is 135 cm³/mol. The van der Waals surface area contributed by atoms with Crippen LogP contribution in [0.25, 0.3) is 0 Å². The van der Waals surface area contributed by atoms with E-state index in [0.717, 1.165) is 6.07 Å². The van der Waals surface area contributed by atoms with Crippen LogP contribution in [0.4, 0.5) is 19.7 Å². The van der Waals surface area contributed by atoms with Gasteiger partial charge in [0.15, 0.2) is 5.69 Å². The summed E-state index contributed by atoms with van der Waals surface area (Å²) >= 11 is 3.13. The van der Waals surface area contributed by atoms with Crippen molar-refractivity contribution < 1.29 is 33.4 Å². The highest BCUT2D eigenvalue weighted by Crippen LogP contribution is 2.32. The molecular weight excluding hydrogens is 537 g/mol. The van der Waals surface area contributed by atoms with Crippen molar-refractivity contribution in [2.45, 2.75) is 32.8 Å². The Morgan fingerprint density at radius 2 is 1.81 bits per heavy atom. The third kappa shape index (κ3) is 5.97. The molecule has 11 heteroatoms. The Hall–Kier alpha value is -3.57. The number of nitrogens with zero attached hydrogens (tertiary/aromatic N) is 3. The Morgan fingerprint density at radius 3 is 2.39 bits per heavy atom. The maximum Gasteiger partial charge on any atom is 0.529 e. The van der Waals surface area contributed by atoms with Gasteiger partial charge in [-0.2, -0.15) is 4.79 Å². The second-order valence-corrected chi connectivity index (χ2v) is 9.92. The van der Waals surface area contributed by atoms with E-state index in [1.54, 1.807) is 27.8 Å². The second-order valence-electron chi connectivity index (χ2n) is 9.01. The lowest BCUT2D eigenvalue weighted by atomic mass is 10.2. The first-order valence-corrected chi connectivity index (χ1v) is 11.7. The average Bonchev–Trinajstić information content (AvgIpc) is 3.21. The number of esters is 1. The first kappa shape index (κ1) is 27.0. The van der Waals surface area contributed by atoms with Crippen molar-refractivity contribution in [2.24, 2.45) is 4.99 Å². The number of carbonyl (C=O) groups is 3. The summed E-state index contributed by atoms with van der Waals surface area (Å²) in [6, 6.07) is 9.78.